The van der Waals surface area contributed by atoms with Gasteiger partial charge in [-0.2, -0.15) is 0 Å². The Morgan fingerprint density at radius 3 is 2.86 bits per heavy atom. The lowest BCUT2D eigenvalue weighted by atomic mass is 10.1. The SMILES string of the molecule is CN1CCN(Cc2ccc(N(C)C(O)Nc3cc(NCCF)c(C#CC4CC4)cn3)nc2C=O)C(=O)C1. The average Bonchev–Trinajstić information content (AvgIpc) is 3.72. The molecule has 196 valence electrons. The summed E-state index contributed by atoms with van der Waals surface area (Å²) in [5.74, 6) is 7.41. The van der Waals surface area contributed by atoms with Gasteiger partial charge >= 0.3 is 0 Å². The predicted octanol–water partition coefficient (Wildman–Crippen LogP) is 1.53. The Kier molecular flexibility index (Phi) is 8.53. The molecule has 2 fully saturated rings. The molecule has 10 nitrogen and oxygen atoms in total. The summed E-state index contributed by atoms with van der Waals surface area (Å²) in [5, 5.41) is 16.7. The molecule has 2 aromatic rings. The maximum absolute atomic E-state index is 12.8. The highest BCUT2D eigenvalue weighted by Crippen LogP contribution is 2.28. The third kappa shape index (κ3) is 6.93. The summed E-state index contributed by atoms with van der Waals surface area (Å²) >= 11 is 0. The van der Waals surface area contributed by atoms with E-state index >= 15 is 0 Å². The number of carbonyl (C=O) groups is 2. The first kappa shape index (κ1) is 26.3. The summed E-state index contributed by atoms with van der Waals surface area (Å²) in [4.78, 5) is 37.9. The van der Waals surface area contributed by atoms with Gasteiger partial charge in [-0.05, 0) is 26.0 Å². The molecule has 1 saturated carbocycles. The number of hydrogen-bond donors (Lipinski definition) is 3. The van der Waals surface area contributed by atoms with Crippen molar-refractivity contribution in [2.45, 2.75) is 25.7 Å². The van der Waals surface area contributed by atoms with Gasteiger partial charge in [0.15, 0.2) is 6.29 Å². The summed E-state index contributed by atoms with van der Waals surface area (Å²) in [6.07, 6.45) is 3.21. The number of nitrogens with one attached hydrogen (secondary N) is 2. The lowest BCUT2D eigenvalue weighted by Gasteiger charge is -2.32. The molecule has 1 atom stereocenters. The molecule has 4 rings (SSSR count). The topological polar surface area (TPSA) is 114 Å². The number of pyridine rings is 2. The van der Waals surface area contributed by atoms with E-state index in [0.717, 1.165) is 19.4 Å². The maximum Gasteiger partial charge on any atom is 0.237 e. The van der Waals surface area contributed by atoms with Crippen LogP contribution in [0.1, 0.15) is 34.5 Å². The Hall–Kier alpha value is -3.75. The van der Waals surface area contributed by atoms with E-state index in [-0.39, 0.29) is 18.1 Å². The van der Waals surface area contributed by atoms with Gasteiger partial charge < -0.3 is 25.5 Å². The summed E-state index contributed by atoms with van der Waals surface area (Å²) in [6, 6.07) is 5.10. The van der Waals surface area contributed by atoms with Gasteiger partial charge in [-0.3, -0.25) is 14.5 Å². The largest absolute Gasteiger partial charge is 0.381 e. The fraction of sp³-hybridized carbons (Fsp3) is 0.462. The van der Waals surface area contributed by atoms with Crippen molar-refractivity contribution in [3.05, 3.63) is 41.2 Å². The quantitative estimate of drug-likeness (QED) is 0.249. The number of rotatable bonds is 10. The summed E-state index contributed by atoms with van der Waals surface area (Å²) in [7, 11) is 3.52. The fourth-order valence-corrected chi connectivity index (χ4v) is 3.85. The van der Waals surface area contributed by atoms with Crippen molar-refractivity contribution in [1.82, 2.24) is 19.8 Å². The van der Waals surface area contributed by atoms with Gasteiger partial charge in [-0.15, -0.1) is 0 Å². The van der Waals surface area contributed by atoms with Crippen LogP contribution in [0.3, 0.4) is 0 Å². The number of anilines is 3. The molecule has 0 radical (unpaired) electrons. The summed E-state index contributed by atoms with van der Waals surface area (Å²) in [6.45, 7) is 1.59. The van der Waals surface area contributed by atoms with Gasteiger partial charge in [-0.25, -0.2) is 14.4 Å². The van der Waals surface area contributed by atoms with E-state index in [9.17, 15) is 19.1 Å². The number of carbonyl (C=O) groups excluding carboxylic acids is 2. The van der Waals surface area contributed by atoms with Crippen molar-refractivity contribution in [3.63, 3.8) is 0 Å². The normalized spacial score (nSPS) is 16.5. The number of aromatic nitrogens is 2. The van der Waals surface area contributed by atoms with Crippen LogP contribution < -0.4 is 15.5 Å². The molecule has 0 bridgehead atoms. The molecule has 2 aromatic heterocycles. The number of aliphatic hydroxyl groups is 1. The monoisotopic (exact) mass is 509 g/mol. The van der Waals surface area contributed by atoms with Gasteiger partial charge in [0, 0.05) is 57.0 Å². The van der Waals surface area contributed by atoms with Crippen molar-refractivity contribution >= 4 is 29.5 Å². The minimum absolute atomic E-state index is 0.00354. The molecule has 37 heavy (non-hydrogen) atoms. The lowest BCUT2D eigenvalue weighted by molar-refractivity contribution is -0.136. The molecular weight excluding hydrogens is 477 g/mol. The van der Waals surface area contributed by atoms with E-state index in [1.54, 1.807) is 36.3 Å². The van der Waals surface area contributed by atoms with Crippen molar-refractivity contribution in [3.8, 4) is 11.8 Å². The van der Waals surface area contributed by atoms with Gasteiger partial charge in [0.2, 0.25) is 12.3 Å². The zero-order valence-electron chi connectivity index (χ0n) is 21.1. The van der Waals surface area contributed by atoms with Gasteiger partial charge in [-0.1, -0.05) is 17.9 Å². The number of halogens is 1. The number of amides is 1. The molecule has 0 aromatic carbocycles. The van der Waals surface area contributed by atoms with E-state index in [1.165, 1.54) is 4.90 Å². The number of aliphatic hydroxyl groups excluding tert-OH is 1. The number of piperazine rings is 1. The predicted molar refractivity (Wildman–Crippen MR) is 139 cm³/mol. The Balaban J connectivity index is 1.45. The average molecular weight is 510 g/mol. The molecule has 0 spiro atoms. The molecule has 2 aliphatic rings. The minimum atomic E-state index is -1.22. The molecule has 1 aliphatic carbocycles. The fourth-order valence-electron chi connectivity index (χ4n) is 3.85. The zero-order valence-corrected chi connectivity index (χ0v) is 21.1. The number of nitrogens with zero attached hydrogens (tertiary/aromatic N) is 5. The molecule has 3 N–H and O–H groups in total. The Morgan fingerprint density at radius 1 is 1.35 bits per heavy atom. The van der Waals surface area contributed by atoms with Gasteiger partial charge in [0.05, 0.1) is 17.8 Å². The minimum Gasteiger partial charge on any atom is -0.381 e. The van der Waals surface area contributed by atoms with Crippen LogP contribution in [0, 0.1) is 17.8 Å². The second kappa shape index (κ2) is 12.0. The first-order valence-electron chi connectivity index (χ1n) is 12.3. The highest BCUT2D eigenvalue weighted by molar-refractivity contribution is 5.80. The Labute approximate surface area is 215 Å². The van der Waals surface area contributed by atoms with Crippen molar-refractivity contribution in [2.75, 3.05) is 62.5 Å². The van der Waals surface area contributed by atoms with E-state index in [0.29, 0.717) is 60.3 Å². The standard InChI is InChI=1S/C26H32FN7O3/c1-32-11-12-34(25(36)16-32)15-20-7-8-24(30-22(20)17-35)33(2)26(37)31-23-13-21(28-10-9-27)19(14-29-23)6-5-18-3-4-18/h7-8,13-14,17-18,26,37H,3-4,9-12,15-16H2,1-2H3,(H2,28,29,31). The van der Waals surface area contributed by atoms with E-state index in [1.807, 2.05) is 11.9 Å². The Morgan fingerprint density at radius 2 is 2.16 bits per heavy atom. The molecule has 11 heteroatoms. The van der Waals surface area contributed by atoms with Crippen LogP contribution in [-0.4, -0.2) is 90.4 Å². The van der Waals surface area contributed by atoms with Crippen LogP contribution in [-0.2, 0) is 11.3 Å². The van der Waals surface area contributed by atoms with Crippen LogP contribution in [0.15, 0.2) is 24.4 Å². The van der Waals surface area contributed by atoms with Gasteiger partial charge in [0.25, 0.3) is 0 Å². The van der Waals surface area contributed by atoms with E-state index < -0.39 is 13.0 Å². The molecule has 1 aliphatic heterocycles. The molecule has 1 unspecified atom stereocenters. The highest BCUT2D eigenvalue weighted by Gasteiger charge is 2.23. The summed E-state index contributed by atoms with van der Waals surface area (Å²) in [5.41, 5.74) is 2.14. The molecule has 3 heterocycles. The first-order chi connectivity index (χ1) is 17.9. The van der Waals surface area contributed by atoms with Crippen molar-refractivity contribution in [2.24, 2.45) is 5.92 Å². The second-order valence-corrected chi connectivity index (χ2v) is 9.29. The zero-order chi connectivity index (χ0) is 26.4. The first-order valence-corrected chi connectivity index (χ1v) is 12.3. The van der Waals surface area contributed by atoms with E-state index in [4.69, 9.17) is 0 Å². The molecule has 1 saturated heterocycles. The molecule has 1 amide bonds. The van der Waals surface area contributed by atoms with Crippen molar-refractivity contribution < 1.29 is 19.1 Å². The van der Waals surface area contributed by atoms with Crippen LogP contribution in [0.25, 0.3) is 0 Å². The van der Waals surface area contributed by atoms with Crippen LogP contribution in [0.2, 0.25) is 0 Å². The second-order valence-electron chi connectivity index (χ2n) is 9.29. The number of likely N-dealkylation sites (N-methyl/N-ethyl adjacent to an activating group) is 1. The number of hydrogen-bond acceptors (Lipinski definition) is 9. The highest BCUT2D eigenvalue weighted by atomic mass is 19.1. The van der Waals surface area contributed by atoms with Crippen LogP contribution in [0.4, 0.5) is 21.7 Å². The van der Waals surface area contributed by atoms with Crippen molar-refractivity contribution in [1.29, 1.82) is 0 Å². The maximum atomic E-state index is 12.8. The van der Waals surface area contributed by atoms with Crippen LogP contribution >= 0.6 is 0 Å². The third-order valence-electron chi connectivity index (χ3n) is 6.29. The number of aldehydes is 1. The molecular formula is C26H32FN7O3. The third-order valence-corrected chi connectivity index (χ3v) is 6.29. The van der Waals surface area contributed by atoms with Gasteiger partial charge in [0.1, 0.15) is 24.0 Å². The van der Waals surface area contributed by atoms with Crippen LogP contribution in [0.5, 0.6) is 0 Å². The summed E-state index contributed by atoms with van der Waals surface area (Å²) < 4.78 is 12.8. The van der Waals surface area contributed by atoms with E-state index in [2.05, 4.69) is 32.4 Å². The Bertz CT molecular complexity index is 1190. The number of alkyl halides is 1. The smallest absolute Gasteiger partial charge is 0.237 e. The lowest BCUT2D eigenvalue weighted by Crippen LogP contribution is -2.48.